The van der Waals surface area contributed by atoms with E-state index < -0.39 is 0 Å². The minimum absolute atomic E-state index is 0.275. The van der Waals surface area contributed by atoms with Crippen molar-refractivity contribution in [3.05, 3.63) is 156 Å². The molecule has 0 spiro atoms. The maximum atomic E-state index is 6.54. The first-order valence-electron chi connectivity index (χ1n) is 18.8. The predicted molar refractivity (Wildman–Crippen MR) is 226 cm³/mol. The Bertz CT molecular complexity index is 3070. The summed E-state index contributed by atoms with van der Waals surface area (Å²) in [5.74, 6) is 0.708. The maximum Gasteiger partial charge on any atom is 0.161 e. The number of para-hydroxylation sites is 4. The Balaban J connectivity index is 1.15. The molecule has 262 valence electrons. The molecule has 1 aliphatic heterocycles. The van der Waals surface area contributed by atoms with Crippen molar-refractivity contribution < 1.29 is 4.42 Å². The molecule has 1 aliphatic rings. The number of fused-ring (bicyclic) bond motifs is 10. The molecule has 0 unspecified atom stereocenters. The highest BCUT2D eigenvalue weighted by Crippen LogP contribution is 2.50. The molecule has 0 radical (unpaired) electrons. The highest BCUT2D eigenvalue weighted by atomic mass is 16.3. The third kappa shape index (κ3) is 4.45. The van der Waals surface area contributed by atoms with Gasteiger partial charge in [0.2, 0.25) is 0 Å². The number of hydrogen-bond acceptors (Lipinski definition) is 3. The summed E-state index contributed by atoms with van der Waals surface area (Å²) in [5.41, 5.74) is 16.0. The van der Waals surface area contributed by atoms with Crippen LogP contribution in [0.25, 0.3) is 89.2 Å². The first-order chi connectivity index (χ1) is 26.3. The molecule has 5 aromatic carbocycles. The van der Waals surface area contributed by atoms with Crippen molar-refractivity contribution in [3.8, 4) is 17.1 Å². The van der Waals surface area contributed by atoms with E-state index in [-0.39, 0.29) is 5.41 Å². The monoisotopic (exact) mass is 700 g/mol. The van der Waals surface area contributed by atoms with Gasteiger partial charge in [0, 0.05) is 43.8 Å². The van der Waals surface area contributed by atoms with Gasteiger partial charge in [0.15, 0.2) is 11.4 Å². The Morgan fingerprint density at radius 2 is 1.41 bits per heavy atom. The number of furan rings is 1. The second-order valence-electron chi connectivity index (χ2n) is 15.0. The summed E-state index contributed by atoms with van der Waals surface area (Å²) in [6, 6.07) is 39.0. The highest BCUT2D eigenvalue weighted by Gasteiger charge is 2.37. The van der Waals surface area contributed by atoms with Crippen molar-refractivity contribution in [2.24, 2.45) is 0 Å². The van der Waals surface area contributed by atoms with Crippen LogP contribution in [-0.4, -0.2) is 19.1 Å². The molecule has 9 aromatic rings. The van der Waals surface area contributed by atoms with Crippen molar-refractivity contribution in [3.63, 3.8) is 0 Å². The molecule has 0 amide bonds. The van der Waals surface area contributed by atoms with Crippen molar-refractivity contribution in [2.45, 2.75) is 47.0 Å². The zero-order valence-corrected chi connectivity index (χ0v) is 31.4. The van der Waals surface area contributed by atoms with Crippen LogP contribution < -0.4 is 0 Å². The normalized spacial score (nSPS) is 14.4. The first kappa shape index (κ1) is 32.2. The molecule has 10 rings (SSSR count). The molecule has 5 heterocycles. The summed E-state index contributed by atoms with van der Waals surface area (Å²) in [4.78, 5) is 10.6. The quantitative estimate of drug-likeness (QED) is 0.168. The molecule has 0 saturated carbocycles. The summed E-state index contributed by atoms with van der Waals surface area (Å²) in [7, 11) is 0. The molecule has 0 atom stereocenters. The molecule has 54 heavy (non-hydrogen) atoms. The van der Waals surface area contributed by atoms with Gasteiger partial charge in [-0.15, -0.1) is 0 Å². The Hall–Kier alpha value is -6.46. The Morgan fingerprint density at radius 1 is 0.722 bits per heavy atom. The standard InChI is InChI=1S/C49H40N4O/c1-7-16-39-30(4)44(31(8-2)27-29(3)52-40-22-12-9-17-33(40)34-18-10-13-23-41(34)52)51-48(50-39)32-25-26-42-38(28-32)49(5,6)37-21-15-20-36-45(37)53(42)46-35-19-11-14-24-43(35)54-47(36)46/h7-28H,1-6H3/b16-7-,29-27+,31-8+. The molecule has 5 heteroatoms. The highest BCUT2D eigenvalue weighted by molar-refractivity contribution is 6.18. The Morgan fingerprint density at radius 3 is 2.13 bits per heavy atom. The fourth-order valence-corrected chi connectivity index (χ4v) is 8.92. The van der Waals surface area contributed by atoms with E-state index in [0.29, 0.717) is 5.82 Å². The largest absolute Gasteiger partial charge is 0.454 e. The van der Waals surface area contributed by atoms with Gasteiger partial charge in [0.25, 0.3) is 0 Å². The van der Waals surface area contributed by atoms with E-state index in [1.54, 1.807) is 0 Å². The molecular weight excluding hydrogens is 661 g/mol. The van der Waals surface area contributed by atoms with Crippen LogP contribution in [0.4, 0.5) is 0 Å². The van der Waals surface area contributed by atoms with Crippen molar-refractivity contribution >= 4 is 72.1 Å². The van der Waals surface area contributed by atoms with Gasteiger partial charge in [0.05, 0.1) is 33.6 Å². The fraction of sp³-hybridized carbons (Fsp3) is 0.143. The third-order valence-electron chi connectivity index (χ3n) is 11.5. The van der Waals surface area contributed by atoms with E-state index in [9.17, 15) is 0 Å². The van der Waals surface area contributed by atoms with E-state index >= 15 is 0 Å². The fourth-order valence-electron chi connectivity index (χ4n) is 8.92. The second-order valence-corrected chi connectivity index (χ2v) is 15.0. The lowest BCUT2D eigenvalue weighted by atomic mass is 9.74. The maximum absolute atomic E-state index is 6.54. The molecule has 0 bridgehead atoms. The van der Waals surface area contributed by atoms with Crippen molar-refractivity contribution in [2.75, 3.05) is 0 Å². The zero-order valence-electron chi connectivity index (χ0n) is 31.4. The van der Waals surface area contributed by atoms with E-state index in [4.69, 9.17) is 14.4 Å². The van der Waals surface area contributed by atoms with Gasteiger partial charge < -0.3 is 13.6 Å². The number of hydrogen-bond donors (Lipinski definition) is 0. The van der Waals surface area contributed by atoms with Crippen molar-refractivity contribution in [1.29, 1.82) is 0 Å². The van der Waals surface area contributed by atoms with Gasteiger partial charge in [-0.2, -0.15) is 0 Å². The van der Waals surface area contributed by atoms with Crippen LogP contribution in [0.5, 0.6) is 0 Å². The van der Waals surface area contributed by atoms with Crippen LogP contribution in [0.1, 0.15) is 62.7 Å². The van der Waals surface area contributed by atoms with Gasteiger partial charge >= 0.3 is 0 Å². The molecule has 0 aliphatic carbocycles. The van der Waals surface area contributed by atoms with E-state index in [0.717, 1.165) is 66.9 Å². The van der Waals surface area contributed by atoms with Crippen LogP contribution in [0.2, 0.25) is 0 Å². The van der Waals surface area contributed by atoms with E-state index in [1.807, 2.05) is 13.0 Å². The average molecular weight is 701 g/mol. The number of nitrogens with zero attached hydrogens (tertiary/aromatic N) is 4. The topological polar surface area (TPSA) is 48.8 Å². The van der Waals surface area contributed by atoms with Crippen molar-refractivity contribution in [1.82, 2.24) is 19.1 Å². The smallest absolute Gasteiger partial charge is 0.161 e. The predicted octanol–water partition coefficient (Wildman–Crippen LogP) is 13.0. The summed E-state index contributed by atoms with van der Waals surface area (Å²) in [6.07, 6.45) is 8.58. The minimum atomic E-state index is -0.275. The molecule has 5 nitrogen and oxygen atoms in total. The lowest BCUT2D eigenvalue weighted by Crippen LogP contribution is -2.26. The molecule has 0 N–H and O–H groups in total. The summed E-state index contributed by atoms with van der Waals surface area (Å²) in [6.45, 7) is 13.1. The van der Waals surface area contributed by atoms with E-state index in [1.165, 1.54) is 38.4 Å². The Kier molecular flexibility index (Phi) is 7.02. The van der Waals surface area contributed by atoms with Gasteiger partial charge in [-0.25, -0.2) is 9.97 Å². The van der Waals surface area contributed by atoms with Crippen LogP contribution in [-0.2, 0) is 5.41 Å². The summed E-state index contributed by atoms with van der Waals surface area (Å²) in [5, 5.41) is 4.76. The van der Waals surface area contributed by atoms with Crippen LogP contribution in [0, 0.1) is 6.92 Å². The lowest BCUT2D eigenvalue weighted by Gasteiger charge is -2.35. The molecule has 0 saturated heterocycles. The second kappa shape index (κ2) is 11.8. The molecule has 0 fully saturated rings. The molecule has 4 aromatic heterocycles. The SMILES string of the molecule is C/C=C\c1nc(-c2ccc3c(c2)C(C)(C)c2cccc4c5oc6ccccc6c5n-3c24)nc(C(=C/C)/C=C(\C)n2c3ccccc3c3ccccc32)c1C. The lowest BCUT2D eigenvalue weighted by molar-refractivity contribution is 0.630. The number of benzene rings is 5. The number of aromatic nitrogens is 4. The zero-order chi connectivity index (χ0) is 36.9. The summed E-state index contributed by atoms with van der Waals surface area (Å²) < 4.78 is 11.3. The van der Waals surface area contributed by atoms with Crippen LogP contribution >= 0.6 is 0 Å². The number of rotatable bonds is 5. The minimum Gasteiger partial charge on any atom is -0.454 e. The number of allylic oxidation sites excluding steroid dienone is 5. The van der Waals surface area contributed by atoms with Crippen LogP contribution in [0.15, 0.2) is 132 Å². The Labute approximate surface area is 314 Å². The van der Waals surface area contributed by atoms with Crippen LogP contribution in [0.3, 0.4) is 0 Å². The van der Waals surface area contributed by atoms with E-state index in [2.05, 4.69) is 171 Å². The summed E-state index contributed by atoms with van der Waals surface area (Å²) >= 11 is 0. The van der Waals surface area contributed by atoms with Gasteiger partial charge in [-0.1, -0.05) is 86.7 Å². The van der Waals surface area contributed by atoms with Gasteiger partial charge in [-0.3, -0.25) is 0 Å². The first-order valence-corrected chi connectivity index (χ1v) is 18.8. The molecular formula is C49H40N4O. The average Bonchev–Trinajstić information content (AvgIpc) is 3.84. The van der Waals surface area contributed by atoms with Gasteiger partial charge in [-0.05, 0) is 105 Å². The van der Waals surface area contributed by atoms with Gasteiger partial charge in [0.1, 0.15) is 11.1 Å². The third-order valence-corrected chi connectivity index (χ3v) is 11.5.